The highest BCUT2D eigenvalue weighted by molar-refractivity contribution is 5.98. The fourth-order valence-corrected chi connectivity index (χ4v) is 3.35. The Morgan fingerprint density at radius 1 is 0.964 bits per heavy atom. The third-order valence-electron chi connectivity index (χ3n) is 4.84. The maximum Gasteiger partial charge on any atom is 0.335 e. The van der Waals surface area contributed by atoms with Crippen LogP contribution in [-0.4, -0.2) is 58.0 Å². The number of piperazine rings is 1. The number of hydrogen-bond acceptors (Lipinski definition) is 5. The molecule has 0 bridgehead atoms. The molecule has 1 aromatic heterocycles. The molecular formula is C21H26N4O3. The number of aromatic carboxylic acids is 1. The van der Waals surface area contributed by atoms with Crippen LogP contribution >= 0.6 is 0 Å². The molecular weight excluding hydrogens is 356 g/mol. The van der Waals surface area contributed by atoms with Crippen LogP contribution in [0.4, 0.5) is 5.82 Å². The van der Waals surface area contributed by atoms with Crippen molar-refractivity contribution in [1.82, 2.24) is 14.9 Å². The highest BCUT2D eigenvalue weighted by Crippen LogP contribution is 2.20. The summed E-state index contributed by atoms with van der Waals surface area (Å²) >= 11 is 0. The summed E-state index contributed by atoms with van der Waals surface area (Å²) in [7, 11) is 0. The molecule has 148 valence electrons. The Bertz CT molecular complexity index is 903. The molecule has 7 heteroatoms. The first kappa shape index (κ1) is 19.8. The van der Waals surface area contributed by atoms with E-state index in [1.54, 1.807) is 24.0 Å². The van der Waals surface area contributed by atoms with E-state index >= 15 is 0 Å². The number of benzene rings is 1. The van der Waals surface area contributed by atoms with E-state index in [0.717, 1.165) is 22.9 Å². The number of carbonyl (C=O) groups is 2. The number of aryl methyl sites for hydroxylation is 2. The molecule has 1 aliphatic rings. The van der Waals surface area contributed by atoms with Gasteiger partial charge in [0, 0.05) is 49.4 Å². The predicted octanol–water partition coefficient (Wildman–Crippen LogP) is 2.88. The number of carbonyl (C=O) groups excluding carboxylic acids is 1. The summed E-state index contributed by atoms with van der Waals surface area (Å²) in [5, 5.41) is 9.23. The van der Waals surface area contributed by atoms with Gasteiger partial charge in [-0.05, 0) is 37.6 Å². The molecule has 2 aromatic rings. The maximum atomic E-state index is 12.9. The molecule has 7 nitrogen and oxygen atoms in total. The zero-order valence-electron chi connectivity index (χ0n) is 16.8. The normalized spacial score (nSPS) is 14.5. The number of aromatic nitrogens is 2. The van der Waals surface area contributed by atoms with Crippen molar-refractivity contribution in [2.24, 2.45) is 0 Å². The van der Waals surface area contributed by atoms with Gasteiger partial charge in [0.15, 0.2) is 0 Å². The monoisotopic (exact) mass is 382 g/mol. The van der Waals surface area contributed by atoms with Crippen LogP contribution in [0.5, 0.6) is 0 Å². The lowest BCUT2D eigenvalue weighted by Gasteiger charge is -2.35. The molecule has 0 atom stereocenters. The van der Waals surface area contributed by atoms with Gasteiger partial charge in [-0.15, -0.1) is 0 Å². The van der Waals surface area contributed by atoms with Crippen molar-refractivity contribution in [3.63, 3.8) is 0 Å². The number of amides is 1. The molecule has 3 rings (SSSR count). The molecule has 0 radical (unpaired) electrons. The second-order valence-electron chi connectivity index (χ2n) is 7.55. The van der Waals surface area contributed by atoms with Crippen LogP contribution < -0.4 is 4.90 Å². The molecule has 28 heavy (non-hydrogen) atoms. The number of anilines is 1. The van der Waals surface area contributed by atoms with Crippen molar-refractivity contribution >= 4 is 17.7 Å². The Kier molecular flexibility index (Phi) is 5.63. The van der Waals surface area contributed by atoms with Crippen LogP contribution in [0.3, 0.4) is 0 Å². The molecule has 1 amide bonds. The molecule has 0 unspecified atom stereocenters. The van der Waals surface area contributed by atoms with E-state index in [9.17, 15) is 14.7 Å². The predicted molar refractivity (Wildman–Crippen MR) is 107 cm³/mol. The van der Waals surface area contributed by atoms with Crippen LogP contribution in [0.25, 0.3) is 0 Å². The summed E-state index contributed by atoms with van der Waals surface area (Å²) in [5.41, 5.74) is 2.26. The van der Waals surface area contributed by atoms with Gasteiger partial charge in [-0.1, -0.05) is 13.8 Å². The largest absolute Gasteiger partial charge is 0.478 e. The summed E-state index contributed by atoms with van der Waals surface area (Å²) in [5.74, 6) is 0.822. The quantitative estimate of drug-likeness (QED) is 0.875. The van der Waals surface area contributed by atoms with Crippen LogP contribution in [0.1, 0.15) is 57.6 Å². The van der Waals surface area contributed by atoms with Crippen LogP contribution in [0.15, 0.2) is 24.3 Å². The molecule has 1 fully saturated rings. The van der Waals surface area contributed by atoms with Gasteiger partial charge < -0.3 is 14.9 Å². The van der Waals surface area contributed by atoms with Gasteiger partial charge in [-0.3, -0.25) is 4.79 Å². The molecule has 1 saturated heterocycles. The minimum atomic E-state index is -1.03. The molecule has 1 N–H and O–H groups in total. The lowest BCUT2D eigenvalue weighted by Crippen LogP contribution is -2.49. The average molecular weight is 382 g/mol. The zero-order valence-corrected chi connectivity index (χ0v) is 16.8. The van der Waals surface area contributed by atoms with Gasteiger partial charge in [0.1, 0.15) is 11.6 Å². The number of rotatable bonds is 4. The van der Waals surface area contributed by atoms with Gasteiger partial charge in [0.2, 0.25) is 0 Å². The molecule has 0 saturated carbocycles. The van der Waals surface area contributed by atoms with Crippen molar-refractivity contribution in [2.75, 3.05) is 31.1 Å². The highest BCUT2D eigenvalue weighted by Gasteiger charge is 2.24. The Labute approximate surface area is 165 Å². The second-order valence-corrected chi connectivity index (χ2v) is 7.55. The highest BCUT2D eigenvalue weighted by atomic mass is 16.4. The Morgan fingerprint density at radius 3 is 2.21 bits per heavy atom. The van der Waals surface area contributed by atoms with Crippen LogP contribution in [0, 0.1) is 13.8 Å². The summed E-state index contributed by atoms with van der Waals surface area (Å²) in [4.78, 5) is 37.2. The number of carboxylic acids is 1. The first-order valence-corrected chi connectivity index (χ1v) is 9.49. The van der Waals surface area contributed by atoms with Gasteiger partial charge >= 0.3 is 5.97 Å². The second kappa shape index (κ2) is 7.96. The van der Waals surface area contributed by atoms with Crippen molar-refractivity contribution in [1.29, 1.82) is 0 Å². The molecule has 0 aliphatic carbocycles. The fourth-order valence-electron chi connectivity index (χ4n) is 3.35. The summed E-state index contributed by atoms with van der Waals surface area (Å²) in [6.07, 6.45) is 0. The van der Waals surface area contributed by atoms with Crippen molar-refractivity contribution in [3.8, 4) is 0 Å². The zero-order chi connectivity index (χ0) is 20.4. The van der Waals surface area contributed by atoms with E-state index < -0.39 is 5.97 Å². The smallest absolute Gasteiger partial charge is 0.335 e. The van der Waals surface area contributed by atoms with Crippen molar-refractivity contribution in [3.05, 3.63) is 52.5 Å². The van der Waals surface area contributed by atoms with E-state index in [0.29, 0.717) is 31.7 Å². The number of hydrogen-bond donors (Lipinski definition) is 1. The topological polar surface area (TPSA) is 86.6 Å². The molecule has 2 heterocycles. The van der Waals surface area contributed by atoms with E-state index in [1.807, 2.05) is 13.0 Å². The third-order valence-corrected chi connectivity index (χ3v) is 4.84. The summed E-state index contributed by atoms with van der Waals surface area (Å²) < 4.78 is 0. The summed E-state index contributed by atoms with van der Waals surface area (Å²) in [6, 6.07) is 6.74. The standard InChI is InChI=1S/C21H26N4O3/c1-13(2)19-22-15(4)11-18(23-19)24-5-7-25(8-6-24)20(26)16-9-14(3)10-17(12-16)21(27)28/h9-13H,5-8H2,1-4H3,(H,27,28). The Morgan fingerprint density at radius 2 is 1.61 bits per heavy atom. The molecule has 0 spiro atoms. The van der Waals surface area contributed by atoms with Gasteiger partial charge in [0.05, 0.1) is 5.56 Å². The van der Waals surface area contributed by atoms with E-state index in [4.69, 9.17) is 0 Å². The average Bonchev–Trinajstić information content (AvgIpc) is 2.66. The number of nitrogens with zero attached hydrogens (tertiary/aromatic N) is 4. The fraction of sp³-hybridized carbons (Fsp3) is 0.429. The van der Waals surface area contributed by atoms with E-state index in [-0.39, 0.29) is 17.4 Å². The minimum absolute atomic E-state index is 0.132. The SMILES string of the molecule is Cc1cc(C(=O)O)cc(C(=O)N2CCN(c3cc(C)nc(C(C)C)n3)CC2)c1. The minimum Gasteiger partial charge on any atom is -0.478 e. The van der Waals surface area contributed by atoms with Crippen molar-refractivity contribution < 1.29 is 14.7 Å². The molecule has 1 aliphatic heterocycles. The number of carboxylic acid groups (broad SMARTS) is 1. The first-order chi connectivity index (χ1) is 13.2. The maximum absolute atomic E-state index is 12.9. The van der Waals surface area contributed by atoms with Gasteiger partial charge in [-0.2, -0.15) is 0 Å². The van der Waals surface area contributed by atoms with E-state index in [1.165, 1.54) is 6.07 Å². The third kappa shape index (κ3) is 4.30. The Hall–Kier alpha value is -2.96. The lowest BCUT2D eigenvalue weighted by molar-refractivity contribution is 0.0696. The first-order valence-electron chi connectivity index (χ1n) is 9.49. The van der Waals surface area contributed by atoms with E-state index in [2.05, 4.69) is 28.7 Å². The van der Waals surface area contributed by atoms with Gasteiger partial charge in [0.25, 0.3) is 5.91 Å². The van der Waals surface area contributed by atoms with Gasteiger partial charge in [-0.25, -0.2) is 14.8 Å². The van der Waals surface area contributed by atoms with Crippen LogP contribution in [-0.2, 0) is 0 Å². The summed E-state index contributed by atoms with van der Waals surface area (Å²) in [6.45, 7) is 10.4. The Balaban J connectivity index is 1.72. The molecule has 1 aromatic carbocycles. The lowest BCUT2D eigenvalue weighted by atomic mass is 10.1. The van der Waals surface area contributed by atoms with Crippen LogP contribution in [0.2, 0.25) is 0 Å². The van der Waals surface area contributed by atoms with Crippen molar-refractivity contribution in [2.45, 2.75) is 33.6 Å².